The minimum atomic E-state index is -0.582. The summed E-state index contributed by atoms with van der Waals surface area (Å²) in [5, 5.41) is 0. The first kappa shape index (κ1) is 20.5. The van der Waals surface area contributed by atoms with Gasteiger partial charge in [0.1, 0.15) is 11.5 Å². The van der Waals surface area contributed by atoms with Crippen LogP contribution in [0.15, 0.2) is 18.2 Å². The van der Waals surface area contributed by atoms with Gasteiger partial charge in [-0.2, -0.15) is 0 Å². The zero-order valence-corrected chi connectivity index (χ0v) is 16.8. The lowest BCUT2D eigenvalue weighted by Crippen LogP contribution is -2.50. The highest BCUT2D eigenvalue weighted by Crippen LogP contribution is 2.31. The van der Waals surface area contributed by atoms with Crippen molar-refractivity contribution in [2.75, 3.05) is 13.7 Å². The van der Waals surface area contributed by atoms with Crippen LogP contribution in [0.5, 0.6) is 11.5 Å². The third kappa shape index (κ3) is 4.97. The number of methoxy groups -OCH3 is 1. The van der Waals surface area contributed by atoms with Gasteiger partial charge in [-0.1, -0.05) is 38.5 Å². The molecule has 2 aliphatic rings. The van der Waals surface area contributed by atoms with Gasteiger partial charge in [0.2, 0.25) is 0 Å². The van der Waals surface area contributed by atoms with Crippen LogP contribution in [0, 0.1) is 0 Å². The Hall–Kier alpha value is -2.24. The largest absolute Gasteiger partial charge is 0.497 e. The van der Waals surface area contributed by atoms with Crippen LogP contribution in [-0.4, -0.2) is 42.5 Å². The summed E-state index contributed by atoms with van der Waals surface area (Å²) < 4.78 is 11.0. The van der Waals surface area contributed by atoms with E-state index in [-0.39, 0.29) is 18.1 Å². The van der Waals surface area contributed by atoms with Crippen LogP contribution >= 0.6 is 0 Å². The van der Waals surface area contributed by atoms with Gasteiger partial charge in [0.15, 0.2) is 6.61 Å². The number of primary amides is 1. The number of hydrogen-bond donors (Lipinski definition) is 1. The van der Waals surface area contributed by atoms with E-state index in [2.05, 4.69) is 4.90 Å². The highest BCUT2D eigenvalue weighted by Gasteiger charge is 2.32. The fourth-order valence-electron chi connectivity index (χ4n) is 4.59. The molecule has 154 valence electrons. The molecule has 1 aromatic carbocycles. The maximum absolute atomic E-state index is 13.2. The van der Waals surface area contributed by atoms with Crippen LogP contribution in [0.2, 0.25) is 0 Å². The Bertz CT molecular complexity index is 661. The fourth-order valence-corrected chi connectivity index (χ4v) is 4.59. The molecule has 2 fully saturated rings. The van der Waals surface area contributed by atoms with Crippen molar-refractivity contribution in [3.63, 3.8) is 0 Å². The lowest BCUT2D eigenvalue weighted by molar-refractivity contribution is -0.140. The van der Waals surface area contributed by atoms with Gasteiger partial charge in [0, 0.05) is 18.2 Å². The van der Waals surface area contributed by atoms with Crippen LogP contribution in [0.4, 0.5) is 0 Å². The van der Waals surface area contributed by atoms with Gasteiger partial charge in [0.25, 0.3) is 11.8 Å². The maximum atomic E-state index is 13.2. The molecule has 0 aromatic heterocycles. The second-order valence-corrected chi connectivity index (χ2v) is 7.90. The van der Waals surface area contributed by atoms with Crippen molar-refractivity contribution in [3.05, 3.63) is 23.8 Å². The van der Waals surface area contributed by atoms with E-state index in [1.165, 1.54) is 38.5 Å². The van der Waals surface area contributed by atoms with Gasteiger partial charge in [0.05, 0.1) is 12.7 Å². The van der Waals surface area contributed by atoms with Gasteiger partial charge < -0.3 is 20.1 Å². The van der Waals surface area contributed by atoms with E-state index in [4.69, 9.17) is 15.2 Å². The Morgan fingerprint density at radius 2 is 1.57 bits per heavy atom. The molecule has 6 nitrogen and oxygen atoms in total. The number of carbonyl (C=O) groups excluding carboxylic acids is 2. The normalized spacial score (nSPS) is 18.5. The summed E-state index contributed by atoms with van der Waals surface area (Å²) in [5.41, 5.74) is 5.71. The number of nitrogens with zero attached hydrogens (tertiary/aromatic N) is 1. The average molecular weight is 389 g/mol. The van der Waals surface area contributed by atoms with Crippen LogP contribution in [0.1, 0.15) is 74.6 Å². The Balaban J connectivity index is 1.73. The van der Waals surface area contributed by atoms with Crippen molar-refractivity contribution in [1.82, 2.24) is 4.90 Å². The summed E-state index contributed by atoms with van der Waals surface area (Å²) in [6.07, 6.45) is 11.6. The molecule has 0 aliphatic heterocycles. The average Bonchev–Trinajstić information content (AvgIpc) is 2.73. The van der Waals surface area contributed by atoms with Gasteiger partial charge >= 0.3 is 0 Å². The molecule has 28 heavy (non-hydrogen) atoms. The molecule has 0 atom stereocenters. The summed E-state index contributed by atoms with van der Waals surface area (Å²) in [4.78, 5) is 27.0. The van der Waals surface area contributed by atoms with Gasteiger partial charge in [-0.15, -0.1) is 0 Å². The number of rotatable bonds is 7. The van der Waals surface area contributed by atoms with Crippen molar-refractivity contribution in [1.29, 1.82) is 0 Å². The Labute approximate surface area is 167 Å². The summed E-state index contributed by atoms with van der Waals surface area (Å²) in [7, 11) is 1.54. The van der Waals surface area contributed by atoms with Crippen molar-refractivity contribution in [2.45, 2.75) is 76.3 Å². The standard InChI is InChI=1S/C22H32N2O4/c1-27-18-12-13-19(22(23)26)20(14-18)28-15-21(25)24(16-8-4-2-5-9-16)17-10-6-3-7-11-17/h12-14,16-17H,2-11,15H2,1H3,(H2,23,26). The molecule has 2 saturated carbocycles. The van der Waals surface area contributed by atoms with E-state index in [1.807, 2.05) is 0 Å². The zero-order chi connectivity index (χ0) is 19.9. The fraction of sp³-hybridized carbons (Fsp3) is 0.636. The number of benzene rings is 1. The predicted octanol–water partition coefficient (Wildman–Crippen LogP) is 3.67. The van der Waals surface area contributed by atoms with Crippen molar-refractivity contribution < 1.29 is 19.1 Å². The van der Waals surface area contributed by atoms with E-state index in [0.717, 1.165) is 25.7 Å². The van der Waals surface area contributed by atoms with Crippen molar-refractivity contribution in [3.8, 4) is 11.5 Å². The highest BCUT2D eigenvalue weighted by molar-refractivity contribution is 5.96. The van der Waals surface area contributed by atoms with E-state index in [9.17, 15) is 9.59 Å². The molecule has 0 heterocycles. The molecule has 0 radical (unpaired) electrons. The Morgan fingerprint density at radius 3 is 2.07 bits per heavy atom. The molecule has 2 N–H and O–H groups in total. The van der Waals surface area contributed by atoms with E-state index < -0.39 is 5.91 Å². The molecule has 6 heteroatoms. The second kappa shape index (κ2) is 9.80. The minimum absolute atomic E-state index is 0.0111. The van der Waals surface area contributed by atoms with Crippen LogP contribution in [0.3, 0.4) is 0 Å². The number of nitrogens with two attached hydrogens (primary N) is 1. The number of carbonyl (C=O) groups is 2. The quantitative estimate of drug-likeness (QED) is 0.773. The molecule has 0 saturated heterocycles. The minimum Gasteiger partial charge on any atom is -0.497 e. The summed E-state index contributed by atoms with van der Waals surface area (Å²) in [6, 6.07) is 5.47. The lowest BCUT2D eigenvalue weighted by atomic mass is 9.88. The van der Waals surface area contributed by atoms with Crippen molar-refractivity contribution >= 4 is 11.8 Å². The van der Waals surface area contributed by atoms with Gasteiger partial charge in [-0.3, -0.25) is 9.59 Å². The Morgan fingerprint density at radius 1 is 1.00 bits per heavy atom. The zero-order valence-electron chi connectivity index (χ0n) is 16.8. The van der Waals surface area contributed by atoms with Crippen LogP contribution in [-0.2, 0) is 4.79 Å². The molecule has 0 bridgehead atoms. The summed E-state index contributed by atoms with van der Waals surface area (Å²) >= 11 is 0. The first-order chi connectivity index (χ1) is 13.6. The smallest absolute Gasteiger partial charge is 0.261 e. The first-order valence-electron chi connectivity index (χ1n) is 10.5. The third-order valence-electron chi connectivity index (χ3n) is 6.03. The molecular formula is C22H32N2O4. The summed E-state index contributed by atoms with van der Waals surface area (Å²) in [6.45, 7) is -0.0829. The molecule has 2 aliphatic carbocycles. The second-order valence-electron chi connectivity index (χ2n) is 7.90. The van der Waals surface area contributed by atoms with Crippen LogP contribution < -0.4 is 15.2 Å². The van der Waals surface area contributed by atoms with Crippen molar-refractivity contribution in [2.24, 2.45) is 5.73 Å². The Kier molecular flexibility index (Phi) is 7.18. The molecule has 0 unspecified atom stereocenters. The van der Waals surface area contributed by atoms with Gasteiger partial charge in [-0.05, 0) is 37.8 Å². The van der Waals surface area contributed by atoms with E-state index in [0.29, 0.717) is 23.6 Å². The van der Waals surface area contributed by atoms with Gasteiger partial charge in [-0.25, -0.2) is 0 Å². The SMILES string of the molecule is COc1ccc(C(N)=O)c(OCC(=O)N(C2CCCCC2)C2CCCCC2)c1. The van der Waals surface area contributed by atoms with E-state index >= 15 is 0 Å². The van der Waals surface area contributed by atoms with Crippen LogP contribution in [0.25, 0.3) is 0 Å². The molecular weight excluding hydrogens is 356 g/mol. The van der Waals surface area contributed by atoms with E-state index in [1.54, 1.807) is 25.3 Å². The number of amides is 2. The third-order valence-corrected chi connectivity index (χ3v) is 6.03. The maximum Gasteiger partial charge on any atom is 0.261 e. The molecule has 1 aromatic rings. The molecule has 2 amide bonds. The molecule has 3 rings (SSSR count). The molecule has 0 spiro atoms. The predicted molar refractivity (Wildman–Crippen MR) is 108 cm³/mol. The number of ether oxygens (including phenoxy) is 2. The summed E-state index contributed by atoms with van der Waals surface area (Å²) in [5.74, 6) is 0.287. The number of hydrogen-bond acceptors (Lipinski definition) is 4. The lowest BCUT2D eigenvalue weighted by Gasteiger charge is -2.41. The topological polar surface area (TPSA) is 81.9 Å². The highest BCUT2D eigenvalue weighted by atomic mass is 16.5. The monoisotopic (exact) mass is 388 g/mol. The first-order valence-corrected chi connectivity index (χ1v) is 10.5.